The number of likely N-dealkylation sites (tertiary alicyclic amines) is 1. The second kappa shape index (κ2) is 6.04. The predicted octanol–water partition coefficient (Wildman–Crippen LogP) is 1.06. The van der Waals surface area contributed by atoms with Crippen molar-refractivity contribution in [3.63, 3.8) is 0 Å². The maximum atomic E-state index is 11.5. The summed E-state index contributed by atoms with van der Waals surface area (Å²) in [6.07, 6.45) is 1.44. The second-order valence-electron chi connectivity index (χ2n) is 5.48. The predicted molar refractivity (Wildman–Crippen MR) is 66.5 cm³/mol. The Bertz CT molecular complexity index is 306. The van der Waals surface area contributed by atoms with Crippen molar-refractivity contribution in [2.24, 2.45) is 0 Å². The molecule has 1 fully saturated rings. The minimum absolute atomic E-state index is 0.0737. The van der Waals surface area contributed by atoms with Gasteiger partial charge in [-0.15, -0.1) is 0 Å². The summed E-state index contributed by atoms with van der Waals surface area (Å²) in [4.78, 5) is 24.5. The van der Waals surface area contributed by atoms with E-state index in [0.717, 1.165) is 25.9 Å². The number of amides is 1. The molecule has 6 nitrogen and oxygen atoms in total. The number of nitrogens with zero attached hydrogens (tertiary/aromatic N) is 1. The summed E-state index contributed by atoms with van der Waals surface area (Å²) in [6.45, 7) is 6.91. The summed E-state index contributed by atoms with van der Waals surface area (Å²) in [7, 11) is 0. The molecule has 0 aromatic heterocycles. The largest absolute Gasteiger partial charge is 0.480 e. The van der Waals surface area contributed by atoms with Gasteiger partial charge in [0.15, 0.2) is 0 Å². The average molecular weight is 258 g/mol. The molecule has 0 bridgehead atoms. The van der Waals surface area contributed by atoms with Crippen LogP contribution in [-0.2, 0) is 9.53 Å². The Hall–Kier alpha value is -1.30. The first-order valence-electron chi connectivity index (χ1n) is 6.23. The lowest BCUT2D eigenvalue weighted by Gasteiger charge is -2.25. The smallest absolute Gasteiger partial charge is 0.407 e. The fraction of sp³-hybridized carbons (Fsp3) is 0.833. The molecule has 0 aromatic carbocycles. The van der Waals surface area contributed by atoms with E-state index in [9.17, 15) is 9.59 Å². The molecule has 104 valence electrons. The summed E-state index contributed by atoms with van der Waals surface area (Å²) < 4.78 is 5.07. The van der Waals surface area contributed by atoms with Gasteiger partial charge in [-0.05, 0) is 46.7 Å². The topological polar surface area (TPSA) is 78.9 Å². The molecule has 1 heterocycles. The molecule has 6 heteroatoms. The highest BCUT2D eigenvalue weighted by Gasteiger charge is 2.28. The number of carbonyl (C=O) groups excluding carboxylic acids is 1. The van der Waals surface area contributed by atoms with E-state index >= 15 is 0 Å². The minimum atomic E-state index is -0.909. The first-order valence-corrected chi connectivity index (χ1v) is 6.23. The first-order chi connectivity index (χ1) is 8.29. The van der Waals surface area contributed by atoms with E-state index in [4.69, 9.17) is 9.84 Å². The van der Waals surface area contributed by atoms with E-state index in [1.807, 2.05) is 4.90 Å². The van der Waals surface area contributed by atoms with Gasteiger partial charge in [0.1, 0.15) is 11.6 Å². The number of alkyl carbamates (subject to hydrolysis) is 1. The lowest BCUT2D eigenvalue weighted by atomic mass is 10.2. The standard InChI is InChI=1S/C12H22N2O4/c1-12(2,3)18-11(17)13-8-9(10(15)16)14-6-4-5-7-14/h9H,4-8H2,1-3H3,(H,13,17)(H,15,16)/t9-/m0/s1. The highest BCUT2D eigenvalue weighted by atomic mass is 16.6. The van der Waals surface area contributed by atoms with Crippen molar-refractivity contribution in [3.05, 3.63) is 0 Å². The number of carboxylic acid groups (broad SMARTS) is 1. The number of carbonyl (C=O) groups is 2. The van der Waals surface area contributed by atoms with Crippen LogP contribution >= 0.6 is 0 Å². The number of nitrogens with one attached hydrogen (secondary N) is 1. The Labute approximate surface area is 107 Å². The zero-order valence-electron chi connectivity index (χ0n) is 11.2. The number of carboxylic acids is 1. The van der Waals surface area contributed by atoms with Gasteiger partial charge in [-0.2, -0.15) is 0 Å². The third-order valence-electron chi connectivity index (χ3n) is 2.71. The van der Waals surface area contributed by atoms with Gasteiger partial charge in [0, 0.05) is 6.54 Å². The van der Waals surface area contributed by atoms with Gasteiger partial charge in [0.05, 0.1) is 0 Å². The highest BCUT2D eigenvalue weighted by molar-refractivity contribution is 5.75. The maximum Gasteiger partial charge on any atom is 0.407 e. The summed E-state index contributed by atoms with van der Waals surface area (Å²) in [5, 5.41) is 11.7. The van der Waals surface area contributed by atoms with Gasteiger partial charge in [-0.3, -0.25) is 9.69 Å². The van der Waals surface area contributed by atoms with Gasteiger partial charge in [0.25, 0.3) is 0 Å². The van der Waals surface area contributed by atoms with Crippen molar-refractivity contribution in [2.45, 2.75) is 45.3 Å². The van der Waals surface area contributed by atoms with Crippen LogP contribution in [0.2, 0.25) is 0 Å². The Balaban J connectivity index is 2.42. The molecule has 1 aliphatic heterocycles. The molecule has 18 heavy (non-hydrogen) atoms. The maximum absolute atomic E-state index is 11.5. The zero-order valence-corrected chi connectivity index (χ0v) is 11.2. The number of rotatable bonds is 4. The van der Waals surface area contributed by atoms with Crippen LogP contribution in [0.3, 0.4) is 0 Å². The molecule has 1 aliphatic rings. The molecule has 0 aliphatic carbocycles. The van der Waals surface area contributed by atoms with Crippen LogP contribution < -0.4 is 5.32 Å². The van der Waals surface area contributed by atoms with Gasteiger partial charge in [0.2, 0.25) is 0 Å². The fourth-order valence-corrected chi connectivity index (χ4v) is 1.92. The van der Waals surface area contributed by atoms with Crippen molar-refractivity contribution >= 4 is 12.1 Å². The van der Waals surface area contributed by atoms with E-state index in [1.165, 1.54) is 0 Å². The van der Waals surface area contributed by atoms with Crippen LogP contribution in [0.5, 0.6) is 0 Å². The molecule has 0 radical (unpaired) electrons. The molecule has 1 amide bonds. The summed E-state index contributed by atoms with van der Waals surface area (Å²) in [5.41, 5.74) is -0.573. The summed E-state index contributed by atoms with van der Waals surface area (Å²) in [5.74, 6) is -0.909. The Morgan fingerprint density at radius 3 is 2.33 bits per heavy atom. The third kappa shape index (κ3) is 4.91. The molecule has 1 saturated heterocycles. The van der Waals surface area contributed by atoms with Crippen molar-refractivity contribution in [2.75, 3.05) is 19.6 Å². The van der Waals surface area contributed by atoms with Crippen molar-refractivity contribution in [1.29, 1.82) is 0 Å². The SMILES string of the molecule is CC(C)(C)OC(=O)NC[C@@H](C(=O)O)N1CCCC1. The summed E-state index contributed by atoms with van der Waals surface area (Å²) >= 11 is 0. The van der Waals surface area contributed by atoms with E-state index in [2.05, 4.69) is 5.32 Å². The van der Waals surface area contributed by atoms with Crippen molar-refractivity contribution < 1.29 is 19.4 Å². The second-order valence-corrected chi connectivity index (χ2v) is 5.48. The van der Waals surface area contributed by atoms with Crippen molar-refractivity contribution in [3.8, 4) is 0 Å². The summed E-state index contributed by atoms with van der Waals surface area (Å²) in [6, 6.07) is -0.667. The van der Waals surface area contributed by atoms with Gasteiger partial charge in [-0.1, -0.05) is 0 Å². The molecule has 1 atom stereocenters. The minimum Gasteiger partial charge on any atom is -0.480 e. The molecular weight excluding hydrogens is 236 g/mol. The monoisotopic (exact) mass is 258 g/mol. The highest BCUT2D eigenvalue weighted by Crippen LogP contribution is 2.12. The van der Waals surface area contributed by atoms with Gasteiger partial charge < -0.3 is 15.2 Å². The zero-order chi connectivity index (χ0) is 13.8. The number of ether oxygens (including phenoxy) is 1. The van der Waals surface area contributed by atoms with Crippen LogP contribution in [0, 0.1) is 0 Å². The Morgan fingerprint density at radius 1 is 1.33 bits per heavy atom. The van der Waals surface area contributed by atoms with E-state index in [-0.39, 0.29) is 6.54 Å². The lowest BCUT2D eigenvalue weighted by Crippen LogP contribution is -2.48. The molecular formula is C12H22N2O4. The average Bonchev–Trinajstić information content (AvgIpc) is 2.67. The van der Waals surface area contributed by atoms with E-state index < -0.39 is 23.7 Å². The first kappa shape index (κ1) is 14.8. The molecule has 0 unspecified atom stereocenters. The van der Waals surface area contributed by atoms with Gasteiger partial charge in [-0.25, -0.2) is 4.79 Å². The number of aliphatic carboxylic acids is 1. The third-order valence-corrected chi connectivity index (χ3v) is 2.71. The molecule has 0 saturated carbocycles. The fourth-order valence-electron chi connectivity index (χ4n) is 1.92. The van der Waals surface area contributed by atoms with Crippen molar-refractivity contribution in [1.82, 2.24) is 10.2 Å². The van der Waals surface area contributed by atoms with Crippen LogP contribution in [0.1, 0.15) is 33.6 Å². The Kier molecular flexibility index (Phi) is 4.95. The van der Waals surface area contributed by atoms with E-state index in [0.29, 0.717) is 0 Å². The quantitative estimate of drug-likeness (QED) is 0.788. The molecule has 0 aromatic rings. The normalized spacial score (nSPS) is 18.4. The molecule has 2 N–H and O–H groups in total. The van der Waals surface area contributed by atoms with E-state index in [1.54, 1.807) is 20.8 Å². The van der Waals surface area contributed by atoms with Crippen LogP contribution in [0.15, 0.2) is 0 Å². The lowest BCUT2D eigenvalue weighted by molar-refractivity contribution is -0.142. The van der Waals surface area contributed by atoms with Gasteiger partial charge >= 0.3 is 12.1 Å². The van der Waals surface area contributed by atoms with Crippen LogP contribution in [-0.4, -0.2) is 53.3 Å². The van der Waals surface area contributed by atoms with Crippen LogP contribution in [0.4, 0.5) is 4.79 Å². The number of hydrogen-bond acceptors (Lipinski definition) is 4. The molecule has 0 spiro atoms. The molecule has 1 rings (SSSR count). The number of hydrogen-bond donors (Lipinski definition) is 2. The van der Waals surface area contributed by atoms with Crippen LogP contribution in [0.25, 0.3) is 0 Å². The Morgan fingerprint density at radius 2 is 1.89 bits per heavy atom.